The summed E-state index contributed by atoms with van der Waals surface area (Å²) in [6.45, 7) is 7.85. The Balaban J connectivity index is 2.08. The number of sulfonamides is 1. The largest absolute Gasteiger partial charge is 0.380 e. The molecule has 0 radical (unpaired) electrons. The average Bonchev–Trinajstić information content (AvgIpc) is 2.38. The SMILES string of the molecule is CC(C)NS(=O)(=O)c1ccc(NC2(C)CCNCC2)cc1. The van der Waals surface area contributed by atoms with Crippen molar-refractivity contribution in [3.63, 3.8) is 0 Å². The Labute approximate surface area is 127 Å². The van der Waals surface area contributed by atoms with E-state index in [2.05, 4.69) is 22.3 Å². The van der Waals surface area contributed by atoms with E-state index in [4.69, 9.17) is 0 Å². The molecule has 0 amide bonds. The minimum atomic E-state index is -3.41. The van der Waals surface area contributed by atoms with E-state index in [1.807, 2.05) is 26.0 Å². The van der Waals surface area contributed by atoms with Gasteiger partial charge in [-0.05, 0) is 71.0 Å². The van der Waals surface area contributed by atoms with Gasteiger partial charge in [0, 0.05) is 17.3 Å². The highest BCUT2D eigenvalue weighted by Crippen LogP contribution is 2.24. The number of anilines is 1. The Kier molecular flexibility index (Phi) is 4.91. The van der Waals surface area contributed by atoms with Crippen LogP contribution in [0.5, 0.6) is 0 Å². The van der Waals surface area contributed by atoms with Crippen LogP contribution in [0.15, 0.2) is 29.2 Å². The van der Waals surface area contributed by atoms with Crippen LogP contribution in [0.1, 0.15) is 33.6 Å². The van der Waals surface area contributed by atoms with Crippen molar-refractivity contribution >= 4 is 15.7 Å². The zero-order valence-electron chi connectivity index (χ0n) is 12.9. The molecule has 1 aromatic carbocycles. The highest BCUT2D eigenvalue weighted by Gasteiger charge is 2.26. The summed E-state index contributed by atoms with van der Waals surface area (Å²) in [6.07, 6.45) is 2.11. The van der Waals surface area contributed by atoms with Crippen molar-refractivity contribution in [2.45, 2.75) is 50.1 Å². The van der Waals surface area contributed by atoms with Crippen LogP contribution in [0, 0.1) is 0 Å². The highest BCUT2D eigenvalue weighted by molar-refractivity contribution is 7.89. The lowest BCUT2D eigenvalue weighted by Gasteiger charge is -2.36. The lowest BCUT2D eigenvalue weighted by molar-refractivity contribution is 0.365. The topological polar surface area (TPSA) is 70.2 Å². The second-order valence-corrected chi connectivity index (χ2v) is 7.95. The van der Waals surface area contributed by atoms with E-state index in [1.54, 1.807) is 12.1 Å². The van der Waals surface area contributed by atoms with Crippen molar-refractivity contribution in [2.24, 2.45) is 0 Å². The number of hydrogen-bond acceptors (Lipinski definition) is 4. The monoisotopic (exact) mass is 311 g/mol. The summed E-state index contributed by atoms with van der Waals surface area (Å²) in [5, 5.41) is 6.87. The molecule has 1 aliphatic heterocycles. The van der Waals surface area contributed by atoms with Crippen LogP contribution in [0.3, 0.4) is 0 Å². The van der Waals surface area contributed by atoms with Gasteiger partial charge in [0.2, 0.25) is 10.0 Å². The Morgan fingerprint density at radius 3 is 2.24 bits per heavy atom. The predicted molar refractivity (Wildman–Crippen MR) is 86.0 cm³/mol. The number of nitrogens with one attached hydrogen (secondary N) is 3. The minimum absolute atomic E-state index is 0.0713. The lowest BCUT2D eigenvalue weighted by atomic mass is 9.90. The summed E-state index contributed by atoms with van der Waals surface area (Å²) in [5.74, 6) is 0. The molecule has 0 aromatic heterocycles. The molecule has 0 spiro atoms. The van der Waals surface area contributed by atoms with E-state index in [0.29, 0.717) is 4.90 Å². The summed E-state index contributed by atoms with van der Waals surface area (Å²) >= 11 is 0. The van der Waals surface area contributed by atoms with E-state index in [9.17, 15) is 8.42 Å². The normalized spacial score (nSPS) is 18.7. The van der Waals surface area contributed by atoms with Crippen LogP contribution in [-0.2, 0) is 10.0 Å². The molecule has 118 valence electrons. The van der Waals surface area contributed by atoms with Gasteiger partial charge in [0.25, 0.3) is 0 Å². The van der Waals surface area contributed by atoms with Gasteiger partial charge < -0.3 is 10.6 Å². The summed E-state index contributed by atoms with van der Waals surface area (Å²) < 4.78 is 26.7. The molecule has 1 fully saturated rings. The van der Waals surface area contributed by atoms with Gasteiger partial charge in [0.1, 0.15) is 0 Å². The van der Waals surface area contributed by atoms with Crippen LogP contribution in [0.4, 0.5) is 5.69 Å². The van der Waals surface area contributed by atoms with Crippen molar-refractivity contribution in [3.05, 3.63) is 24.3 Å². The van der Waals surface area contributed by atoms with Crippen molar-refractivity contribution in [1.29, 1.82) is 0 Å². The van der Waals surface area contributed by atoms with E-state index in [0.717, 1.165) is 31.6 Å². The number of hydrogen-bond donors (Lipinski definition) is 3. The van der Waals surface area contributed by atoms with Crippen molar-refractivity contribution in [2.75, 3.05) is 18.4 Å². The average molecular weight is 311 g/mol. The lowest BCUT2D eigenvalue weighted by Crippen LogP contribution is -2.45. The van der Waals surface area contributed by atoms with Crippen LogP contribution < -0.4 is 15.4 Å². The molecule has 1 heterocycles. The first-order valence-electron chi connectivity index (χ1n) is 7.42. The highest BCUT2D eigenvalue weighted by atomic mass is 32.2. The van der Waals surface area contributed by atoms with Gasteiger partial charge in [0.05, 0.1) is 4.90 Å². The number of benzene rings is 1. The van der Waals surface area contributed by atoms with E-state index in [-0.39, 0.29) is 11.6 Å². The molecule has 21 heavy (non-hydrogen) atoms. The summed E-state index contributed by atoms with van der Waals surface area (Å²) in [4.78, 5) is 0.303. The van der Waals surface area contributed by atoms with E-state index >= 15 is 0 Å². The smallest absolute Gasteiger partial charge is 0.240 e. The quantitative estimate of drug-likeness (QED) is 0.777. The molecule has 1 saturated heterocycles. The molecule has 6 heteroatoms. The molecule has 0 bridgehead atoms. The molecule has 1 aromatic rings. The maximum Gasteiger partial charge on any atom is 0.240 e. The second kappa shape index (κ2) is 6.34. The van der Waals surface area contributed by atoms with E-state index in [1.165, 1.54) is 0 Å². The molecule has 0 aliphatic carbocycles. The maximum absolute atomic E-state index is 12.1. The van der Waals surface area contributed by atoms with Crippen LogP contribution >= 0.6 is 0 Å². The van der Waals surface area contributed by atoms with Gasteiger partial charge in [-0.15, -0.1) is 0 Å². The molecule has 0 unspecified atom stereocenters. The zero-order valence-corrected chi connectivity index (χ0v) is 13.8. The first-order valence-corrected chi connectivity index (χ1v) is 8.90. The molecule has 0 saturated carbocycles. The third-order valence-corrected chi connectivity index (χ3v) is 5.38. The van der Waals surface area contributed by atoms with Crippen molar-refractivity contribution in [3.8, 4) is 0 Å². The standard InChI is InChI=1S/C15H25N3O2S/c1-12(2)18-21(19,20)14-6-4-13(5-7-14)17-15(3)8-10-16-11-9-15/h4-7,12,16-18H,8-11H2,1-3H3. The molecule has 2 rings (SSSR count). The number of piperidine rings is 1. The Hall–Kier alpha value is -1.11. The van der Waals surface area contributed by atoms with Crippen molar-refractivity contribution < 1.29 is 8.42 Å². The molecule has 0 atom stereocenters. The predicted octanol–water partition coefficient (Wildman–Crippen LogP) is 1.93. The molecular formula is C15H25N3O2S. The Morgan fingerprint density at radius 1 is 1.14 bits per heavy atom. The third kappa shape index (κ3) is 4.43. The van der Waals surface area contributed by atoms with Crippen molar-refractivity contribution in [1.82, 2.24) is 10.0 Å². The molecule has 1 aliphatic rings. The van der Waals surface area contributed by atoms with Gasteiger partial charge in [0.15, 0.2) is 0 Å². The van der Waals surface area contributed by atoms with Gasteiger partial charge >= 0.3 is 0 Å². The molecular weight excluding hydrogens is 286 g/mol. The summed E-state index contributed by atoms with van der Waals surface area (Å²) in [6, 6.07) is 6.86. The molecule has 5 nitrogen and oxygen atoms in total. The second-order valence-electron chi connectivity index (χ2n) is 6.24. The Bertz CT molecular complexity index is 561. The summed E-state index contributed by atoms with van der Waals surface area (Å²) in [5.41, 5.74) is 1.03. The number of rotatable bonds is 5. The molecule has 3 N–H and O–H groups in total. The van der Waals surface area contributed by atoms with Gasteiger partial charge in [-0.25, -0.2) is 13.1 Å². The fourth-order valence-corrected chi connectivity index (χ4v) is 3.80. The fourth-order valence-electron chi connectivity index (χ4n) is 2.55. The maximum atomic E-state index is 12.1. The van der Waals surface area contributed by atoms with Gasteiger partial charge in [-0.1, -0.05) is 0 Å². The van der Waals surface area contributed by atoms with Gasteiger partial charge in [-0.3, -0.25) is 0 Å². The van der Waals surface area contributed by atoms with Crippen LogP contribution in [0.2, 0.25) is 0 Å². The summed E-state index contributed by atoms with van der Waals surface area (Å²) in [7, 11) is -3.41. The first kappa shape index (κ1) is 16.3. The zero-order chi connectivity index (χ0) is 15.5. The fraction of sp³-hybridized carbons (Fsp3) is 0.600. The first-order chi connectivity index (χ1) is 9.81. The van der Waals surface area contributed by atoms with Crippen LogP contribution in [-0.4, -0.2) is 33.1 Å². The Morgan fingerprint density at radius 2 is 1.71 bits per heavy atom. The van der Waals surface area contributed by atoms with Gasteiger partial charge in [-0.2, -0.15) is 0 Å². The third-order valence-electron chi connectivity index (χ3n) is 3.71. The van der Waals surface area contributed by atoms with E-state index < -0.39 is 10.0 Å². The van der Waals surface area contributed by atoms with Crippen LogP contribution in [0.25, 0.3) is 0 Å². The minimum Gasteiger partial charge on any atom is -0.380 e.